The van der Waals surface area contributed by atoms with Crippen LogP contribution in [0.15, 0.2) is 60.7 Å². The Bertz CT molecular complexity index is 1500. The van der Waals surface area contributed by atoms with Crippen molar-refractivity contribution in [1.82, 2.24) is 31.5 Å². The fourth-order valence-electron chi connectivity index (χ4n) is 6.51. The molecule has 0 unspecified atom stereocenters. The van der Waals surface area contributed by atoms with E-state index in [1.165, 1.54) is 11.8 Å². The molecule has 2 aromatic rings. The molecule has 2 aliphatic heterocycles. The number of benzene rings is 2. The minimum atomic E-state index is -1.09. The molecular weight excluding hydrogens is 652 g/mol. The highest BCUT2D eigenvalue weighted by atomic mass is 16.3. The van der Waals surface area contributed by atoms with Crippen LogP contribution in [-0.4, -0.2) is 94.9 Å². The summed E-state index contributed by atoms with van der Waals surface area (Å²) < 4.78 is 0. The van der Waals surface area contributed by atoms with Crippen molar-refractivity contribution >= 4 is 35.4 Å². The van der Waals surface area contributed by atoms with Crippen molar-refractivity contribution in [3.05, 3.63) is 71.8 Å². The molecule has 6 N–H and O–H groups in total. The Kier molecular flexibility index (Phi) is 14.5. The summed E-state index contributed by atoms with van der Waals surface area (Å²) in [6, 6.07) is 13.8. The summed E-state index contributed by atoms with van der Waals surface area (Å²) in [5.41, 5.74) is 1.87. The van der Waals surface area contributed by atoms with Gasteiger partial charge in [-0.25, -0.2) is 0 Å². The van der Waals surface area contributed by atoms with Gasteiger partial charge in [0.2, 0.25) is 35.4 Å². The number of aryl methyl sites for hydroxylation is 1. The third-order valence-corrected chi connectivity index (χ3v) is 9.18. The lowest BCUT2D eigenvalue weighted by Crippen LogP contribution is -2.59. The van der Waals surface area contributed by atoms with Crippen molar-refractivity contribution in [2.24, 2.45) is 5.92 Å². The summed E-state index contributed by atoms with van der Waals surface area (Å²) in [4.78, 5) is 82.5. The average Bonchev–Trinajstić information content (AvgIpc) is 3.50. The highest BCUT2D eigenvalue weighted by Gasteiger charge is 2.41. The van der Waals surface area contributed by atoms with Crippen molar-refractivity contribution in [3.8, 4) is 0 Å². The first-order chi connectivity index (χ1) is 24.4. The third kappa shape index (κ3) is 11.9. The van der Waals surface area contributed by atoms with Crippen molar-refractivity contribution in [2.75, 3.05) is 13.1 Å². The first kappa shape index (κ1) is 39.0. The van der Waals surface area contributed by atoms with Gasteiger partial charge in [0.25, 0.3) is 0 Å². The van der Waals surface area contributed by atoms with Crippen LogP contribution in [0.3, 0.4) is 0 Å². The lowest BCUT2D eigenvalue weighted by atomic mass is 10.00. The summed E-state index contributed by atoms with van der Waals surface area (Å²) in [6.07, 6.45) is 1.39. The number of nitrogens with zero attached hydrogens (tertiary/aromatic N) is 1. The van der Waals surface area contributed by atoms with E-state index in [1.54, 1.807) is 0 Å². The van der Waals surface area contributed by atoms with E-state index in [2.05, 4.69) is 26.6 Å². The molecule has 0 aromatic heterocycles. The first-order valence-corrected chi connectivity index (χ1v) is 18.0. The number of nitrogens with one attached hydrogen (secondary N) is 5. The quantitative estimate of drug-likeness (QED) is 0.226. The molecule has 2 aromatic carbocycles. The lowest BCUT2D eigenvalue weighted by Gasteiger charge is -2.29. The molecule has 2 fully saturated rings. The minimum absolute atomic E-state index is 0.0182. The Balaban J connectivity index is 1.59. The number of carbonyl (C=O) groups excluding carboxylic acids is 6. The van der Waals surface area contributed by atoms with Gasteiger partial charge in [-0.2, -0.15) is 0 Å². The third-order valence-electron chi connectivity index (χ3n) is 9.18. The van der Waals surface area contributed by atoms with Crippen LogP contribution in [0, 0.1) is 5.92 Å². The minimum Gasteiger partial charge on any atom is -0.391 e. The molecule has 51 heavy (non-hydrogen) atoms. The molecule has 6 atom stereocenters. The van der Waals surface area contributed by atoms with Crippen LogP contribution < -0.4 is 26.6 Å². The maximum atomic E-state index is 13.9. The van der Waals surface area contributed by atoms with E-state index in [0.717, 1.165) is 11.1 Å². The number of amides is 6. The molecule has 13 nitrogen and oxygen atoms in total. The Labute approximate surface area is 299 Å². The number of fused-ring (bicyclic) bond motifs is 1. The monoisotopic (exact) mass is 704 g/mol. The molecule has 2 heterocycles. The zero-order chi connectivity index (χ0) is 36.9. The largest absolute Gasteiger partial charge is 0.391 e. The standard InChI is InChI=1S/C38H52N6O7/c1-24(2)20-30-35(48)40-25(3)38(51)44-23-28(45)22-32(44)37(50)39-19-11-17-29(41-33(46)18-10-16-26-12-6-4-7-13-26)34(47)43-31(36(49)42-30)21-27-14-8-5-9-15-27/h4-9,12-15,24-25,28-32,45H,10-11,16-23H2,1-3H3,(H,39,50)(H,40,48)(H,41,46)(H,42,49)(H,43,47)/t25-,28+,29-,30-,31+,32-/m0/s1. The molecule has 0 spiro atoms. The summed E-state index contributed by atoms with van der Waals surface area (Å²) in [5.74, 6) is -3.07. The maximum absolute atomic E-state index is 13.9. The van der Waals surface area contributed by atoms with E-state index in [9.17, 15) is 33.9 Å². The van der Waals surface area contributed by atoms with Crippen LogP contribution in [-0.2, 0) is 41.6 Å². The van der Waals surface area contributed by atoms with Gasteiger partial charge in [0.1, 0.15) is 30.2 Å². The van der Waals surface area contributed by atoms with Crippen molar-refractivity contribution < 1.29 is 33.9 Å². The van der Waals surface area contributed by atoms with Gasteiger partial charge in [0.15, 0.2) is 0 Å². The Hall–Kier alpha value is -4.78. The topological polar surface area (TPSA) is 186 Å². The van der Waals surface area contributed by atoms with Crippen LogP contribution in [0.1, 0.15) is 70.4 Å². The van der Waals surface area contributed by atoms with Crippen molar-refractivity contribution in [2.45, 2.75) is 108 Å². The van der Waals surface area contributed by atoms with E-state index >= 15 is 0 Å². The SMILES string of the molecule is CC(C)C[C@@H]1NC(=O)[C@@H](Cc2ccccc2)NC(=O)[C@@H](NC(=O)CCCc2ccccc2)CCCNC(=O)[C@@H]2C[C@@H](O)CN2C(=O)[C@H](C)NC1=O. The van der Waals surface area contributed by atoms with Crippen molar-refractivity contribution in [1.29, 1.82) is 0 Å². The van der Waals surface area contributed by atoms with Gasteiger partial charge < -0.3 is 36.6 Å². The average molecular weight is 705 g/mol. The molecule has 13 heteroatoms. The number of hydrogen-bond acceptors (Lipinski definition) is 7. The Morgan fingerprint density at radius 2 is 1.49 bits per heavy atom. The lowest BCUT2D eigenvalue weighted by molar-refractivity contribution is -0.141. The first-order valence-electron chi connectivity index (χ1n) is 18.0. The molecule has 4 rings (SSSR count). The Morgan fingerprint density at radius 3 is 2.16 bits per heavy atom. The number of rotatable bonds is 9. The molecule has 2 aliphatic rings. The highest BCUT2D eigenvalue weighted by molar-refractivity contribution is 5.96. The van der Waals surface area contributed by atoms with Gasteiger partial charge >= 0.3 is 0 Å². The number of aliphatic hydroxyl groups excluding tert-OH is 1. The normalized spacial score (nSPS) is 25.5. The van der Waals surface area contributed by atoms with Crippen LogP contribution in [0.5, 0.6) is 0 Å². The van der Waals surface area contributed by atoms with Gasteiger partial charge in [-0.05, 0) is 56.1 Å². The molecule has 6 amide bonds. The molecule has 276 valence electrons. The van der Waals surface area contributed by atoms with Crippen LogP contribution in [0.4, 0.5) is 0 Å². The molecule has 0 saturated carbocycles. The van der Waals surface area contributed by atoms with Gasteiger partial charge in [-0.1, -0.05) is 74.5 Å². The predicted molar refractivity (Wildman–Crippen MR) is 191 cm³/mol. The second kappa shape index (κ2) is 19.0. The van der Waals surface area contributed by atoms with E-state index in [-0.39, 0.29) is 57.0 Å². The number of hydrogen-bond donors (Lipinski definition) is 6. The van der Waals surface area contributed by atoms with Gasteiger partial charge in [0.05, 0.1) is 6.10 Å². The van der Waals surface area contributed by atoms with E-state index < -0.39 is 65.8 Å². The van der Waals surface area contributed by atoms with Crippen LogP contribution in [0.2, 0.25) is 0 Å². The fourth-order valence-corrected chi connectivity index (χ4v) is 6.51. The van der Waals surface area contributed by atoms with Crippen molar-refractivity contribution in [3.63, 3.8) is 0 Å². The smallest absolute Gasteiger partial charge is 0.245 e. The number of carbonyl (C=O) groups is 6. The van der Waals surface area contributed by atoms with Gasteiger partial charge in [-0.3, -0.25) is 28.8 Å². The second-order valence-corrected chi connectivity index (χ2v) is 14.0. The zero-order valence-electron chi connectivity index (χ0n) is 29.7. The zero-order valence-corrected chi connectivity index (χ0v) is 29.7. The van der Waals surface area contributed by atoms with E-state index in [1.807, 2.05) is 74.5 Å². The van der Waals surface area contributed by atoms with Crippen LogP contribution in [0.25, 0.3) is 0 Å². The van der Waals surface area contributed by atoms with E-state index in [0.29, 0.717) is 19.3 Å². The molecule has 0 aliphatic carbocycles. The fraction of sp³-hybridized carbons (Fsp3) is 0.526. The maximum Gasteiger partial charge on any atom is 0.245 e. The highest BCUT2D eigenvalue weighted by Crippen LogP contribution is 2.20. The summed E-state index contributed by atoms with van der Waals surface area (Å²) in [5, 5.41) is 24.3. The molecule has 0 bridgehead atoms. The van der Waals surface area contributed by atoms with Gasteiger partial charge in [-0.15, -0.1) is 0 Å². The predicted octanol–water partition coefficient (Wildman–Crippen LogP) is 1.13. The van der Waals surface area contributed by atoms with Gasteiger partial charge in [0, 0.05) is 32.4 Å². The molecule has 0 radical (unpaired) electrons. The van der Waals surface area contributed by atoms with E-state index in [4.69, 9.17) is 0 Å². The molecular formula is C38H52N6O7. The summed E-state index contributed by atoms with van der Waals surface area (Å²) in [7, 11) is 0. The summed E-state index contributed by atoms with van der Waals surface area (Å²) >= 11 is 0. The number of aliphatic hydroxyl groups is 1. The second-order valence-electron chi connectivity index (χ2n) is 14.0. The van der Waals surface area contributed by atoms with Crippen LogP contribution >= 0.6 is 0 Å². The summed E-state index contributed by atoms with van der Waals surface area (Å²) in [6.45, 7) is 5.36. The molecule has 2 saturated heterocycles. The Morgan fingerprint density at radius 1 is 0.863 bits per heavy atom.